The van der Waals surface area contributed by atoms with E-state index in [-0.39, 0.29) is 15.5 Å². The van der Waals surface area contributed by atoms with Gasteiger partial charge in [0.2, 0.25) is 0 Å². The normalized spacial score (nSPS) is 14.1. The Kier molecular flexibility index (Phi) is 8.57. The van der Waals surface area contributed by atoms with Crippen LogP contribution >= 0.6 is 11.6 Å². The number of ether oxygens (including phenoxy) is 2. The minimum Gasteiger partial charge on any atom is -0.493 e. The molecule has 0 saturated heterocycles. The summed E-state index contributed by atoms with van der Waals surface area (Å²) in [7, 11) is -2.36. The third-order valence-electron chi connectivity index (χ3n) is 4.97. The summed E-state index contributed by atoms with van der Waals surface area (Å²) in [5, 5.41) is 2.96. The lowest BCUT2D eigenvalue weighted by atomic mass is 10.1. The molecule has 2 N–H and O–H groups in total. The van der Waals surface area contributed by atoms with E-state index in [0.29, 0.717) is 42.6 Å². The SMILES string of the molecule is CCCOc1c(Cl)cc(C(=O)Nc2cccc(S(=O)(=O)NC3=NCCCCC3)c2)cc1OC. The number of anilines is 1. The van der Waals surface area contributed by atoms with Crippen molar-refractivity contribution in [3.63, 3.8) is 0 Å². The predicted molar refractivity (Wildman–Crippen MR) is 129 cm³/mol. The van der Waals surface area contributed by atoms with Gasteiger partial charge in [-0.1, -0.05) is 31.0 Å². The van der Waals surface area contributed by atoms with Gasteiger partial charge in [0.15, 0.2) is 11.5 Å². The lowest BCUT2D eigenvalue weighted by Gasteiger charge is -2.14. The van der Waals surface area contributed by atoms with Crippen molar-refractivity contribution in [2.75, 3.05) is 25.6 Å². The number of carbonyl (C=O) groups excluding carboxylic acids is 1. The lowest BCUT2D eigenvalue weighted by Crippen LogP contribution is -2.30. The number of aliphatic imine (C=N–C) groups is 1. The molecule has 178 valence electrons. The molecule has 10 heteroatoms. The minimum atomic E-state index is -3.82. The summed E-state index contributed by atoms with van der Waals surface area (Å²) in [6.45, 7) is 3.04. The molecule has 2 aromatic carbocycles. The Morgan fingerprint density at radius 1 is 1.18 bits per heavy atom. The van der Waals surface area contributed by atoms with Crippen LogP contribution in [0.1, 0.15) is 49.4 Å². The number of sulfonamides is 1. The molecule has 0 bridgehead atoms. The molecule has 0 saturated carbocycles. The minimum absolute atomic E-state index is 0.0335. The van der Waals surface area contributed by atoms with Gasteiger partial charge in [-0.15, -0.1) is 0 Å². The van der Waals surface area contributed by atoms with Gasteiger partial charge in [-0.25, -0.2) is 8.42 Å². The highest BCUT2D eigenvalue weighted by Crippen LogP contribution is 2.36. The Hall–Kier alpha value is -2.78. The van der Waals surface area contributed by atoms with Crippen LogP contribution in [0.4, 0.5) is 5.69 Å². The molecule has 3 rings (SSSR count). The van der Waals surface area contributed by atoms with E-state index in [1.165, 1.54) is 31.4 Å². The number of nitrogens with one attached hydrogen (secondary N) is 2. The monoisotopic (exact) mass is 493 g/mol. The number of methoxy groups -OCH3 is 1. The topological polar surface area (TPSA) is 106 Å². The van der Waals surface area contributed by atoms with E-state index in [9.17, 15) is 13.2 Å². The summed E-state index contributed by atoms with van der Waals surface area (Å²) in [5.74, 6) is 0.714. The van der Waals surface area contributed by atoms with Crippen molar-refractivity contribution < 1.29 is 22.7 Å². The molecule has 0 aromatic heterocycles. The van der Waals surface area contributed by atoms with Crippen molar-refractivity contribution in [3.05, 3.63) is 47.0 Å². The van der Waals surface area contributed by atoms with E-state index in [2.05, 4.69) is 15.0 Å². The molecule has 0 spiro atoms. The van der Waals surface area contributed by atoms with E-state index in [4.69, 9.17) is 21.1 Å². The van der Waals surface area contributed by atoms with E-state index >= 15 is 0 Å². The van der Waals surface area contributed by atoms with Gasteiger partial charge in [0, 0.05) is 24.2 Å². The first-order valence-electron chi connectivity index (χ1n) is 10.8. The van der Waals surface area contributed by atoms with Gasteiger partial charge in [-0.3, -0.25) is 14.5 Å². The molecule has 0 aliphatic carbocycles. The number of carbonyl (C=O) groups is 1. The second kappa shape index (κ2) is 11.4. The van der Waals surface area contributed by atoms with Crippen LogP contribution in [0, 0.1) is 0 Å². The first-order valence-corrected chi connectivity index (χ1v) is 12.7. The molecular formula is C23H28ClN3O5S. The number of nitrogens with zero attached hydrogens (tertiary/aromatic N) is 1. The molecule has 1 aliphatic heterocycles. The largest absolute Gasteiger partial charge is 0.493 e. The number of hydrogen-bond donors (Lipinski definition) is 2. The Bertz CT molecular complexity index is 1130. The molecule has 33 heavy (non-hydrogen) atoms. The van der Waals surface area contributed by atoms with Crippen LogP contribution in [-0.2, 0) is 10.0 Å². The third kappa shape index (κ3) is 6.61. The lowest BCUT2D eigenvalue weighted by molar-refractivity contribution is 0.102. The first kappa shape index (κ1) is 24.9. The summed E-state index contributed by atoms with van der Waals surface area (Å²) < 4.78 is 39.1. The smallest absolute Gasteiger partial charge is 0.262 e. The molecule has 0 fully saturated rings. The van der Waals surface area contributed by atoms with Crippen LogP contribution < -0.4 is 19.5 Å². The van der Waals surface area contributed by atoms with Crippen molar-refractivity contribution in [2.45, 2.75) is 43.9 Å². The number of benzene rings is 2. The fourth-order valence-electron chi connectivity index (χ4n) is 3.31. The predicted octanol–water partition coefficient (Wildman–Crippen LogP) is 4.64. The summed E-state index contributed by atoms with van der Waals surface area (Å²) in [5.41, 5.74) is 0.576. The van der Waals surface area contributed by atoms with E-state index in [0.717, 1.165) is 25.7 Å². The molecule has 2 aromatic rings. The van der Waals surface area contributed by atoms with E-state index < -0.39 is 15.9 Å². The first-order chi connectivity index (χ1) is 15.8. The standard InChI is InChI=1S/C23H28ClN3O5S/c1-3-12-32-22-19(24)13-16(14-20(22)31-2)23(28)26-17-8-7-9-18(15-17)33(29,30)27-21-10-5-4-6-11-25-21/h7-9,13-15H,3-6,10-12H2,1-2H3,(H,25,27)(H,26,28). The Morgan fingerprint density at radius 3 is 2.76 bits per heavy atom. The Morgan fingerprint density at radius 2 is 2.00 bits per heavy atom. The maximum atomic E-state index is 12.8. The second-order valence-corrected chi connectivity index (χ2v) is 9.65. The maximum Gasteiger partial charge on any atom is 0.262 e. The Labute approximate surface area is 199 Å². The highest BCUT2D eigenvalue weighted by molar-refractivity contribution is 7.90. The summed E-state index contributed by atoms with van der Waals surface area (Å²) in [6.07, 6.45) is 4.26. The number of amides is 1. The van der Waals surface area contributed by atoms with E-state index in [1.54, 1.807) is 12.1 Å². The molecular weight excluding hydrogens is 466 g/mol. The molecule has 8 nitrogen and oxygen atoms in total. The van der Waals surface area contributed by atoms with Gasteiger partial charge in [0.1, 0.15) is 5.84 Å². The highest BCUT2D eigenvalue weighted by Gasteiger charge is 2.19. The van der Waals surface area contributed by atoms with Gasteiger partial charge >= 0.3 is 0 Å². The molecule has 1 aliphatic rings. The second-order valence-electron chi connectivity index (χ2n) is 7.56. The summed E-state index contributed by atoms with van der Waals surface area (Å²) in [4.78, 5) is 17.2. The average Bonchev–Trinajstić information content (AvgIpc) is 3.06. The maximum absolute atomic E-state index is 12.8. The number of hydrogen-bond acceptors (Lipinski definition) is 6. The van der Waals surface area contributed by atoms with Crippen molar-refractivity contribution >= 4 is 39.1 Å². The zero-order chi connectivity index (χ0) is 23.8. The summed E-state index contributed by atoms with van der Waals surface area (Å²) >= 11 is 6.30. The molecule has 1 heterocycles. The van der Waals surface area contributed by atoms with E-state index in [1.807, 2.05) is 6.92 Å². The zero-order valence-corrected chi connectivity index (χ0v) is 20.3. The van der Waals surface area contributed by atoms with Crippen LogP contribution in [0.5, 0.6) is 11.5 Å². The molecule has 0 atom stereocenters. The van der Waals surface area contributed by atoms with Crippen LogP contribution in [0.3, 0.4) is 0 Å². The highest BCUT2D eigenvalue weighted by atomic mass is 35.5. The fourth-order valence-corrected chi connectivity index (χ4v) is 4.71. The Balaban J connectivity index is 1.78. The van der Waals surface area contributed by atoms with Gasteiger partial charge in [-0.05, 0) is 49.6 Å². The van der Waals surface area contributed by atoms with Gasteiger partial charge < -0.3 is 14.8 Å². The average molecular weight is 494 g/mol. The van der Waals surface area contributed by atoms with Crippen molar-refractivity contribution in [1.29, 1.82) is 0 Å². The third-order valence-corrected chi connectivity index (χ3v) is 6.63. The molecule has 1 amide bonds. The molecule has 0 unspecified atom stereocenters. The number of halogens is 1. The van der Waals surface area contributed by atoms with Crippen molar-refractivity contribution in [1.82, 2.24) is 4.72 Å². The van der Waals surface area contributed by atoms with Gasteiger partial charge in [-0.2, -0.15) is 0 Å². The number of rotatable bonds is 8. The van der Waals surface area contributed by atoms with Crippen LogP contribution in [0.15, 0.2) is 46.3 Å². The van der Waals surface area contributed by atoms with Crippen molar-refractivity contribution in [2.24, 2.45) is 4.99 Å². The fraction of sp³-hybridized carbons (Fsp3) is 0.391. The zero-order valence-electron chi connectivity index (χ0n) is 18.7. The van der Waals surface area contributed by atoms with Gasteiger partial charge in [0.25, 0.3) is 15.9 Å². The molecule has 0 radical (unpaired) electrons. The van der Waals surface area contributed by atoms with Crippen LogP contribution in [0.25, 0.3) is 0 Å². The number of amidine groups is 1. The van der Waals surface area contributed by atoms with Crippen LogP contribution in [-0.4, -0.2) is 40.4 Å². The van der Waals surface area contributed by atoms with Crippen molar-refractivity contribution in [3.8, 4) is 11.5 Å². The summed E-state index contributed by atoms with van der Waals surface area (Å²) in [6, 6.07) is 9.05. The van der Waals surface area contributed by atoms with Gasteiger partial charge in [0.05, 0.1) is 23.6 Å². The van der Waals surface area contributed by atoms with Crippen LogP contribution in [0.2, 0.25) is 5.02 Å². The quantitative estimate of drug-likeness (QED) is 0.557.